The Morgan fingerprint density at radius 1 is 1.21 bits per heavy atom. The van der Waals surface area contributed by atoms with Crippen molar-refractivity contribution in [3.8, 4) is 11.5 Å². The number of rotatable bonds is 4. The van der Waals surface area contributed by atoms with Crippen molar-refractivity contribution < 1.29 is 9.47 Å². The minimum Gasteiger partial charge on any atom is -0.497 e. The molecule has 76 valence electrons. The van der Waals surface area contributed by atoms with Crippen molar-refractivity contribution in [2.75, 3.05) is 14.2 Å². The highest BCUT2D eigenvalue weighted by molar-refractivity contribution is 5.40. The molecule has 0 amide bonds. The fraction of sp³-hybridized carbons (Fsp3) is 0.273. The summed E-state index contributed by atoms with van der Waals surface area (Å²) in [6.07, 6.45) is 1.67. The van der Waals surface area contributed by atoms with Crippen molar-refractivity contribution in [3.05, 3.63) is 36.4 Å². The third-order valence-corrected chi connectivity index (χ3v) is 2.01. The van der Waals surface area contributed by atoms with E-state index < -0.39 is 0 Å². The number of ether oxygens (including phenoxy) is 2. The van der Waals surface area contributed by atoms with E-state index in [4.69, 9.17) is 15.2 Å². The average molecular weight is 193 g/mol. The van der Waals surface area contributed by atoms with Gasteiger partial charge in [0.1, 0.15) is 11.5 Å². The summed E-state index contributed by atoms with van der Waals surface area (Å²) < 4.78 is 10.2. The molecule has 0 radical (unpaired) electrons. The molecule has 3 heteroatoms. The molecule has 1 unspecified atom stereocenters. The standard InChI is InChI=1S/C11H15NO2/c1-4-11(12)8-5-9(13-2)7-10(6-8)14-3/h4-7,11H,1,12H2,2-3H3. The molecule has 0 heterocycles. The second-order valence-corrected chi connectivity index (χ2v) is 2.91. The third kappa shape index (κ3) is 2.26. The Balaban J connectivity index is 3.09. The molecule has 1 aromatic carbocycles. The Labute approximate surface area is 84.1 Å². The van der Waals surface area contributed by atoms with Gasteiger partial charge in [0.05, 0.1) is 14.2 Å². The van der Waals surface area contributed by atoms with Crippen LogP contribution in [-0.2, 0) is 0 Å². The van der Waals surface area contributed by atoms with E-state index >= 15 is 0 Å². The van der Waals surface area contributed by atoms with E-state index in [1.165, 1.54) is 0 Å². The van der Waals surface area contributed by atoms with E-state index in [2.05, 4.69) is 6.58 Å². The molecule has 0 bridgehead atoms. The summed E-state index contributed by atoms with van der Waals surface area (Å²) in [5, 5.41) is 0. The molecule has 1 rings (SSSR count). The highest BCUT2D eigenvalue weighted by atomic mass is 16.5. The summed E-state index contributed by atoms with van der Waals surface area (Å²) in [5.74, 6) is 1.47. The van der Waals surface area contributed by atoms with Crippen LogP contribution in [0.3, 0.4) is 0 Å². The lowest BCUT2D eigenvalue weighted by Crippen LogP contribution is -2.06. The van der Waals surface area contributed by atoms with Crippen LogP contribution in [0.4, 0.5) is 0 Å². The van der Waals surface area contributed by atoms with Gasteiger partial charge < -0.3 is 15.2 Å². The fourth-order valence-electron chi connectivity index (χ4n) is 1.16. The normalized spacial score (nSPS) is 11.9. The minimum atomic E-state index is -0.195. The maximum Gasteiger partial charge on any atom is 0.122 e. The predicted molar refractivity (Wildman–Crippen MR) is 56.7 cm³/mol. The smallest absolute Gasteiger partial charge is 0.122 e. The lowest BCUT2D eigenvalue weighted by atomic mass is 10.1. The summed E-state index contributed by atoms with van der Waals surface area (Å²) in [4.78, 5) is 0. The highest BCUT2D eigenvalue weighted by Gasteiger charge is 2.05. The molecule has 0 spiro atoms. The van der Waals surface area contributed by atoms with Gasteiger partial charge in [-0.2, -0.15) is 0 Å². The van der Waals surface area contributed by atoms with Crippen LogP contribution in [0.5, 0.6) is 11.5 Å². The summed E-state index contributed by atoms with van der Waals surface area (Å²) in [5.41, 5.74) is 6.74. The zero-order valence-electron chi connectivity index (χ0n) is 8.49. The lowest BCUT2D eigenvalue weighted by Gasteiger charge is -2.11. The van der Waals surface area contributed by atoms with Gasteiger partial charge in [-0.15, -0.1) is 6.58 Å². The van der Waals surface area contributed by atoms with Crippen molar-refractivity contribution >= 4 is 0 Å². The van der Waals surface area contributed by atoms with Gasteiger partial charge in [0, 0.05) is 12.1 Å². The van der Waals surface area contributed by atoms with Crippen molar-refractivity contribution in [2.45, 2.75) is 6.04 Å². The Morgan fingerprint density at radius 2 is 1.71 bits per heavy atom. The molecule has 0 aromatic heterocycles. The molecule has 0 saturated carbocycles. The van der Waals surface area contributed by atoms with E-state index in [1.807, 2.05) is 12.1 Å². The van der Waals surface area contributed by atoms with Crippen molar-refractivity contribution in [1.82, 2.24) is 0 Å². The second-order valence-electron chi connectivity index (χ2n) is 2.91. The maximum atomic E-state index is 5.81. The van der Waals surface area contributed by atoms with Crippen LogP contribution in [0, 0.1) is 0 Å². The van der Waals surface area contributed by atoms with Crippen LogP contribution in [-0.4, -0.2) is 14.2 Å². The average Bonchev–Trinajstić information content (AvgIpc) is 2.27. The molecule has 1 atom stereocenters. The molecular weight excluding hydrogens is 178 g/mol. The highest BCUT2D eigenvalue weighted by Crippen LogP contribution is 2.25. The maximum absolute atomic E-state index is 5.81. The number of nitrogens with two attached hydrogens (primary N) is 1. The van der Waals surface area contributed by atoms with Gasteiger partial charge in [-0.25, -0.2) is 0 Å². The molecule has 0 aliphatic rings. The first-order chi connectivity index (χ1) is 6.71. The van der Waals surface area contributed by atoms with Crippen LogP contribution in [0.2, 0.25) is 0 Å². The van der Waals surface area contributed by atoms with Crippen LogP contribution in [0.1, 0.15) is 11.6 Å². The van der Waals surface area contributed by atoms with Crippen LogP contribution in [0.25, 0.3) is 0 Å². The summed E-state index contributed by atoms with van der Waals surface area (Å²) in [7, 11) is 3.22. The van der Waals surface area contributed by atoms with Crippen LogP contribution < -0.4 is 15.2 Å². The molecule has 0 aliphatic heterocycles. The number of hydrogen-bond donors (Lipinski definition) is 1. The van der Waals surface area contributed by atoms with E-state index in [9.17, 15) is 0 Å². The first-order valence-corrected chi connectivity index (χ1v) is 4.32. The largest absolute Gasteiger partial charge is 0.497 e. The first-order valence-electron chi connectivity index (χ1n) is 4.32. The number of benzene rings is 1. The summed E-state index contributed by atoms with van der Waals surface area (Å²) in [6.45, 7) is 3.64. The molecule has 0 aliphatic carbocycles. The molecule has 0 saturated heterocycles. The van der Waals surface area contributed by atoms with Crippen molar-refractivity contribution in [3.63, 3.8) is 0 Å². The van der Waals surface area contributed by atoms with E-state index in [-0.39, 0.29) is 6.04 Å². The summed E-state index contributed by atoms with van der Waals surface area (Å²) in [6, 6.07) is 5.35. The van der Waals surface area contributed by atoms with Gasteiger partial charge >= 0.3 is 0 Å². The Morgan fingerprint density at radius 3 is 2.07 bits per heavy atom. The third-order valence-electron chi connectivity index (χ3n) is 2.01. The molecule has 1 aromatic rings. The van der Waals surface area contributed by atoms with E-state index in [1.54, 1.807) is 26.4 Å². The first kappa shape index (κ1) is 10.6. The SMILES string of the molecule is C=CC(N)c1cc(OC)cc(OC)c1. The van der Waals surface area contributed by atoms with Gasteiger partial charge in [-0.3, -0.25) is 0 Å². The quantitative estimate of drug-likeness (QED) is 0.743. The molecule has 14 heavy (non-hydrogen) atoms. The minimum absolute atomic E-state index is 0.195. The zero-order chi connectivity index (χ0) is 10.6. The van der Waals surface area contributed by atoms with Gasteiger partial charge in [0.2, 0.25) is 0 Å². The van der Waals surface area contributed by atoms with Gasteiger partial charge in [0.15, 0.2) is 0 Å². The second kappa shape index (κ2) is 4.67. The predicted octanol–water partition coefficient (Wildman–Crippen LogP) is 1.89. The number of hydrogen-bond acceptors (Lipinski definition) is 3. The monoisotopic (exact) mass is 193 g/mol. The van der Waals surface area contributed by atoms with Crippen molar-refractivity contribution in [2.24, 2.45) is 5.73 Å². The lowest BCUT2D eigenvalue weighted by molar-refractivity contribution is 0.393. The molecule has 3 nitrogen and oxygen atoms in total. The van der Waals surface area contributed by atoms with Gasteiger partial charge in [0.25, 0.3) is 0 Å². The Bertz CT molecular complexity index is 301. The van der Waals surface area contributed by atoms with Gasteiger partial charge in [-0.05, 0) is 17.7 Å². The van der Waals surface area contributed by atoms with E-state index in [0.29, 0.717) is 0 Å². The molecule has 2 N–H and O–H groups in total. The Kier molecular flexibility index (Phi) is 3.54. The van der Waals surface area contributed by atoms with E-state index in [0.717, 1.165) is 17.1 Å². The Hall–Kier alpha value is -1.48. The molecular formula is C11H15NO2. The van der Waals surface area contributed by atoms with Gasteiger partial charge in [-0.1, -0.05) is 6.08 Å². The van der Waals surface area contributed by atoms with Crippen LogP contribution in [0.15, 0.2) is 30.9 Å². The topological polar surface area (TPSA) is 44.5 Å². The van der Waals surface area contributed by atoms with Crippen LogP contribution >= 0.6 is 0 Å². The fourth-order valence-corrected chi connectivity index (χ4v) is 1.16. The molecule has 0 fully saturated rings. The zero-order valence-corrected chi connectivity index (χ0v) is 8.49. The summed E-state index contributed by atoms with van der Waals surface area (Å²) >= 11 is 0. The van der Waals surface area contributed by atoms with Crippen molar-refractivity contribution in [1.29, 1.82) is 0 Å². The number of methoxy groups -OCH3 is 2.